The fraction of sp³-hybridized carbons (Fsp3) is 0.353. The number of halogens is 1. The average Bonchev–Trinajstić information content (AvgIpc) is 2.35. The molecule has 0 spiro atoms. The van der Waals surface area contributed by atoms with Crippen molar-refractivity contribution in [1.82, 2.24) is 0 Å². The maximum absolute atomic E-state index is 11.2. The van der Waals surface area contributed by atoms with Crippen LogP contribution < -0.4 is 0 Å². The van der Waals surface area contributed by atoms with E-state index in [2.05, 4.69) is 27.4 Å². The minimum Gasteiger partial charge on any atom is -0.425 e. The Morgan fingerprint density at radius 1 is 1.30 bits per heavy atom. The number of allylic oxidation sites excluding steroid dienone is 2. The molecule has 0 radical (unpaired) electrons. The molecular formula is C17H21ClO2. The predicted octanol–water partition coefficient (Wildman–Crippen LogP) is 5.03. The molecule has 3 heteroatoms. The summed E-state index contributed by atoms with van der Waals surface area (Å²) < 4.78 is 5.24. The summed E-state index contributed by atoms with van der Waals surface area (Å²) >= 11 is 6.19. The highest BCUT2D eigenvalue weighted by molar-refractivity contribution is 6.32. The van der Waals surface area contributed by atoms with E-state index in [-0.39, 0.29) is 11.4 Å². The van der Waals surface area contributed by atoms with Crippen molar-refractivity contribution in [3.8, 4) is 0 Å². The fourth-order valence-corrected chi connectivity index (χ4v) is 2.01. The smallest absolute Gasteiger partial charge is 0.308 e. The molecule has 0 atom stereocenters. The molecule has 0 aliphatic heterocycles. The molecule has 0 bridgehead atoms. The monoisotopic (exact) mass is 292 g/mol. The highest BCUT2D eigenvalue weighted by atomic mass is 35.5. The van der Waals surface area contributed by atoms with Crippen LogP contribution in [0.3, 0.4) is 0 Å². The van der Waals surface area contributed by atoms with E-state index in [1.54, 1.807) is 6.08 Å². The Morgan fingerprint density at radius 3 is 2.25 bits per heavy atom. The molecule has 0 fully saturated rings. The lowest BCUT2D eigenvalue weighted by molar-refractivity contribution is -0.134. The van der Waals surface area contributed by atoms with Crippen LogP contribution in [0.2, 0.25) is 0 Å². The van der Waals surface area contributed by atoms with Gasteiger partial charge in [-0.3, -0.25) is 4.79 Å². The number of carbonyl (C=O) groups is 1. The molecule has 0 aromatic heterocycles. The van der Waals surface area contributed by atoms with Crippen LogP contribution in [0.15, 0.2) is 42.0 Å². The average molecular weight is 293 g/mol. The van der Waals surface area contributed by atoms with Crippen molar-refractivity contribution in [1.29, 1.82) is 0 Å². The number of ether oxygens (including phenoxy) is 1. The molecule has 1 aromatic rings. The third-order valence-electron chi connectivity index (χ3n) is 2.83. The van der Waals surface area contributed by atoms with E-state index < -0.39 is 0 Å². The number of rotatable bonds is 4. The Balaban J connectivity index is 3.19. The SMILES string of the molecule is C=CC/C(Cl)=C(/OC(C)=O)c1ccc(C(C)(C)C)cc1. The normalized spacial score (nSPS) is 12.7. The van der Waals surface area contributed by atoms with E-state index in [0.717, 1.165) is 5.56 Å². The van der Waals surface area contributed by atoms with Crippen LogP contribution >= 0.6 is 11.6 Å². The van der Waals surface area contributed by atoms with Crippen LogP contribution in [0.25, 0.3) is 5.76 Å². The number of esters is 1. The van der Waals surface area contributed by atoms with Crippen LogP contribution in [0.4, 0.5) is 0 Å². The van der Waals surface area contributed by atoms with Crippen molar-refractivity contribution in [2.45, 2.75) is 39.5 Å². The molecule has 108 valence electrons. The van der Waals surface area contributed by atoms with Crippen molar-refractivity contribution in [2.75, 3.05) is 0 Å². The molecular weight excluding hydrogens is 272 g/mol. The van der Waals surface area contributed by atoms with Gasteiger partial charge in [0.15, 0.2) is 5.76 Å². The molecule has 1 aromatic carbocycles. The Hall–Kier alpha value is -1.54. The third kappa shape index (κ3) is 4.53. The lowest BCUT2D eigenvalue weighted by Crippen LogP contribution is -2.11. The topological polar surface area (TPSA) is 26.3 Å². The second-order valence-electron chi connectivity index (χ2n) is 5.65. The summed E-state index contributed by atoms with van der Waals surface area (Å²) in [6.45, 7) is 11.5. The van der Waals surface area contributed by atoms with Gasteiger partial charge in [0, 0.05) is 18.9 Å². The summed E-state index contributed by atoms with van der Waals surface area (Å²) in [5.41, 5.74) is 2.08. The molecule has 0 aliphatic carbocycles. The summed E-state index contributed by atoms with van der Waals surface area (Å²) in [5.74, 6) is 0.0154. The molecule has 0 N–H and O–H groups in total. The van der Waals surface area contributed by atoms with Crippen molar-refractivity contribution in [3.05, 3.63) is 53.1 Å². The Bertz CT molecular complexity index is 519. The maximum atomic E-state index is 11.2. The first-order valence-electron chi connectivity index (χ1n) is 6.54. The van der Waals surface area contributed by atoms with Gasteiger partial charge >= 0.3 is 5.97 Å². The molecule has 0 unspecified atom stereocenters. The minimum atomic E-state index is -0.387. The number of hydrogen-bond acceptors (Lipinski definition) is 2. The van der Waals surface area contributed by atoms with Gasteiger partial charge in [-0.05, 0) is 11.0 Å². The van der Waals surface area contributed by atoms with Crippen molar-refractivity contribution < 1.29 is 9.53 Å². The largest absolute Gasteiger partial charge is 0.425 e. The molecule has 0 aliphatic rings. The lowest BCUT2D eigenvalue weighted by Gasteiger charge is -2.19. The van der Waals surface area contributed by atoms with E-state index in [1.165, 1.54) is 12.5 Å². The zero-order chi connectivity index (χ0) is 15.3. The third-order valence-corrected chi connectivity index (χ3v) is 3.15. The van der Waals surface area contributed by atoms with Crippen molar-refractivity contribution >= 4 is 23.3 Å². The highest BCUT2D eigenvalue weighted by Gasteiger charge is 2.15. The van der Waals surface area contributed by atoms with Gasteiger partial charge in [-0.25, -0.2) is 0 Å². The molecule has 0 heterocycles. The first-order valence-corrected chi connectivity index (χ1v) is 6.92. The number of hydrogen-bond donors (Lipinski definition) is 0. The van der Waals surface area contributed by atoms with Gasteiger partial charge in [-0.1, -0.05) is 62.7 Å². The van der Waals surface area contributed by atoms with Gasteiger partial charge in [0.05, 0.1) is 5.03 Å². The maximum Gasteiger partial charge on any atom is 0.308 e. The van der Waals surface area contributed by atoms with E-state index in [1.807, 2.05) is 24.3 Å². The quantitative estimate of drug-likeness (QED) is 0.442. The van der Waals surface area contributed by atoms with Gasteiger partial charge < -0.3 is 4.74 Å². The van der Waals surface area contributed by atoms with Crippen LogP contribution in [-0.2, 0) is 14.9 Å². The highest BCUT2D eigenvalue weighted by Crippen LogP contribution is 2.28. The summed E-state index contributed by atoms with van der Waals surface area (Å²) in [5, 5.41) is 0.471. The molecule has 2 nitrogen and oxygen atoms in total. The minimum absolute atomic E-state index is 0.0781. The molecule has 0 saturated carbocycles. The second kappa shape index (κ2) is 6.76. The predicted molar refractivity (Wildman–Crippen MR) is 84.5 cm³/mol. The van der Waals surface area contributed by atoms with Crippen molar-refractivity contribution in [2.24, 2.45) is 0 Å². The van der Waals surface area contributed by atoms with Gasteiger partial charge in [0.25, 0.3) is 0 Å². The first kappa shape index (κ1) is 16.5. The Kier molecular flexibility index (Phi) is 5.58. The number of carbonyl (C=O) groups excluding carboxylic acids is 1. The Labute approximate surface area is 126 Å². The van der Waals surface area contributed by atoms with Gasteiger partial charge in [0.2, 0.25) is 0 Å². The van der Waals surface area contributed by atoms with Gasteiger partial charge in [-0.15, -0.1) is 6.58 Å². The van der Waals surface area contributed by atoms with E-state index in [9.17, 15) is 4.79 Å². The first-order chi connectivity index (χ1) is 9.25. The summed E-state index contributed by atoms with van der Waals surface area (Å²) in [7, 11) is 0. The lowest BCUT2D eigenvalue weighted by atomic mass is 9.86. The van der Waals surface area contributed by atoms with E-state index in [0.29, 0.717) is 17.2 Å². The van der Waals surface area contributed by atoms with Crippen molar-refractivity contribution in [3.63, 3.8) is 0 Å². The summed E-state index contributed by atoms with van der Waals surface area (Å²) in [4.78, 5) is 11.2. The number of benzene rings is 1. The van der Waals surface area contributed by atoms with E-state index in [4.69, 9.17) is 16.3 Å². The van der Waals surface area contributed by atoms with Crippen LogP contribution in [-0.4, -0.2) is 5.97 Å². The molecule has 20 heavy (non-hydrogen) atoms. The zero-order valence-electron chi connectivity index (χ0n) is 12.5. The van der Waals surface area contributed by atoms with Gasteiger partial charge in [0.1, 0.15) is 0 Å². The second-order valence-corrected chi connectivity index (χ2v) is 6.10. The van der Waals surface area contributed by atoms with Crippen LogP contribution in [0, 0.1) is 0 Å². The molecule has 0 amide bonds. The van der Waals surface area contributed by atoms with Crippen LogP contribution in [0.5, 0.6) is 0 Å². The van der Waals surface area contributed by atoms with E-state index >= 15 is 0 Å². The summed E-state index contributed by atoms with van der Waals surface area (Å²) in [6.07, 6.45) is 2.14. The van der Waals surface area contributed by atoms with Gasteiger partial charge in [-0.2, -0.15) is 0 Å². The molecule has 0 saturated heterocycles. The molecule has 1 rings (SSSR count). The zero-order valence-corrected chi connectivity index (χ0v) is 13.3. The summed E-state index contributed by atoms with van der Waals surface area (Å²) in [6, 6.07) is 7.89. The standard InChI is InChI=1S/C17H21ClO2/c1-6-7-15(18)16(20-12(2)19)13-8-10-14(11-9-13)17(3,4)5/h6,8-11H,1,7H2,2-5H3/b16-15-. The Morgan fingerprint density at radius 2 is 1.85 bits per heavy atom. The fourth-order valence-electron chi connectivity index (χ4n) is 1.76. The van der Waals surface area contributed by atoms with Crippen LogP contribution in [0.1, 0.15) is 45.2 Å².